The normalized spacial score (nSPS) is 10.5. The quantitative estimate of drug-likeness (QED) is 0.0710. The first-order valence-electron chi connectivity index (χ1n) is 13.9. The number of benzene rings is 4. The van der Waals surface area contributed by atoms with Crippen molar-refractivity contribution in [1.29, 1.82) is 0 Å². The molecule has 4 aromatic carbocycles. The van der Waals surface area contributed by atoms with E-state index in [-0.39, 0.29) is 35.3 Å². The number of anilines is 1. The van der Waals surface area contributed by atoms with Crippen molar-refractivity contribution in [2.45, 2.75) is 13.3 Å². The highest BCUT2D eigenvalue weighted by Crippen LogP contribution is 2.23. The molecule has 0 radical (unpaired) electrons. The van der Waals surface area contributed by atoms with E-state index in [0.717, 1.165) is 5.56 Å². The van der Waals surface area contributed by atoms with Gasteiger partial charge in [-0.05, 0) is 80.3 Å². The number of carbonyl (C=O) groups is 1. The number of para-hydroxylation sites is 2. The molecule has 0 fully saturated rings. The van der Waals surface area contributed by atoms with Gasteiger partial charge in [0.15, 0.2) is 18.0 Å². The Labute approximate surface area is 285 Å². The van der Waals surface area contributed by atoms with Gasteiger partial charge >= 0.3 is 0 Å². The van der Waals surface area contributed by atoms with Crippen LogP contribution in [0.3, 0.4) is 0 Å². The van der Waals surface area contributed by atoms with Crippen LogP contribution in [-0.2, 0) is 11.2 Å². The topological polar surface area (TPSA) is 134 Å². The lowest BCUT2D eigenvalue weighted by Crippen LogP contribution is -2.06. The Bertz CT molecular complexity index is 1880. The molecule has 0 bridgehead atoms. The van der Waals surface area contributed by atoms with Crippen LogP contribution in [0.15, 0.2) is 122 Å². The summed E-state index contributed by atoms with van der Waals surface area (Å²) in [5.41, 5.74) is 7.17. The molecular formula is C33H27Br2F2N7O3. The van der Waals surface area contributed by atoms with Crippen LogP contribution in [0.4, 0.5) is 20.4 Å². The lowest BCUT2D eigenvalue weighted by molar-refractivity contribution is 0.0990. The minimum Gasteiger partial charge on any atom is -0.483 e. The van der Waals surface area contributed by atoms with Crippen LogP contribution in [0.1, 0.15) is 23.1 Å². The molecule has 2 aromatic heterocycles. The van der Waals surface area contributed by atoms with Crippen molar-refractivity contribution in [1.82, 2.24) is 24.9 Å². The van der Waals surface area contributed by atoms with Gasteiger partial charge < -0.3 is 15.0 Å². The average Bonchev–Trinajstić information content (AvgIpc) is 3.75. The summed E-state index contributed by atoms with van der Waals surface area (Å²) in [7, 11) is 0. The molecule has 6 rings (SSSR count). The van der Waals surface area contributed by atoms with Gasteiger partial charge in [-0.25, -0.2) is 18.4 Å². The maximum atomic E-state index is 13.9. The Kier molecular flexibility index (Phi) is 13.0. The third-order valence-corrected chi connectivity index (χ3v) is 7.30. The summed E-state index contributed by atoms with van der Waals surface area (Å²) < 4.78 is 38.8. The highest BCUT2D eigenvalue weighted by atomic mass is 79.9. The lowest BCUT2D eigenvalue weighted by Gasteiger charge is -2.04. The van der Waals surface area contributed by atoms with Crippen molar-refractivity contribution in [3.63, 3.8) is 0 Å². The van der Waals surface area contributed by atoms with Crippen molar-refractivity contribution in [3.05, 3.63) is 135 Å². The molecule has 0 unspecified atom stereocenters. The third-order valence-electron chi connectivity index (χ3n) is 5.97. The van der Waals surface area contributed by atoms with Crippen LogP contribution in [0.25, 0.3) is 17.1 Å². The van der Waals surface area contributed by atoms with Crippen LogP contribution >= 0.6 is 31.9 Å². The van der Waals surface area contributed by atoms with Crippen molar-refractivity contribution >= 4 is 55.7 Å². The fourth-order valence-corrected chi connectivity index (χ4v) is 4.57. The largest absolute Gasteiger partial charge is 0.483 e. The SMILES string of the molecule is CCOC=Nc1noc(-c2ccccc2)n1.Nc1c(F)cccc1Br.O=C(Cc1ncn(-c2c(F)cccc2Br)n1)c1ccccc1. The fraction of sp³-hybridized carbons (Fsp3) is 0.0909. The minimum atomic E-state index is -0.416. The van der Waals surface area contributed by atoms with Crippen LogP contribution in [-0.4, -0.2) is 43.7 Å². The van der Waals surface area contributed by atoms with E-state index in [1.54, 1.807) is 48.5 Å². The number of halogens is 4. The molecule has 0 saturated carbocycles. The summed E-state index contributed by atoms with van der Waals surface area (Å²) in [6, 6.07) is 27.7. The van der Waals surface area contributed by atoms with Gasteiger partial charge in [-0.1, -0.05) is 60.7 Å². The lowest BCUT2D eigenvalue weighted by atomic mass is 10.1. The van der Waals surface area contributed by atoms with Crippen molar-refractivity contribution in [3.8, 4) is 17.1 Å². The summed E-state index contributed by atoms with van der Waals surface area (Å²) in [5, 5.41) is 7.88. The van der Waals surface area contributed by atoms with E-state index in [4.69, 9.17) is 15.0 Å². The highest BCUT2D eigenvalue weighted by molar-refractivity contribution is 9.11. The zero-order chi connectivity index (χ0) is 33.6. The molecule has 6 aromatic rings. The number of aromatic nitrogens is 5. The van der Waals surface area contributed by atoms with Crippen molar-refractivity contribution in [2.24, 2.45) is 4.99 Å². The summed E-state index contributed by atoms with van der Waals surface area (Å²) >= 11 is 6.37. The van der Waals surface area contributed by atoms with E-state index in [1.807, 2.05) is 43.3 Å². The van der Waals surface area contributed by atoms with Gasteiger partial charge in [-0.3, -0.25) is 4.79 Å². The molecule has 47 heavy (non-hydrogen) atoms. The van der Waals surface area contributed by atoms with Gasteiger partial charge in [0.25, 0.3) is 11.8 Å². The molecule has 0 spiro atoms. The smallest absolute Gasteiger partial charge is 0.292 e. The molecule has 0 aliphatic heterocycles. The Balaban J connectivity index is 0.000000175. The number of ketones is 1. The Morgan fingerprint density at radius 2 is 1.60 bits per heavy atom. The number of nitrogens with two attached hydrogens (primary N) is 1. The molecule has 14 heteroatoms. The third kappa shape index (κ3) is 10.2. The average molecular weight is 767 g/mol. The van der Waals surface area contributed by atoms with Crippen LogP contribution in [0.5, 0.6) is 0 Å². The minimum absolute atomic E-state index is 0.0725. The van der Waals surface area contributed by atoms with Crippen LogP contribution < -0.4 is 5.73 Å². The van der Waals surface area contributed by atoms with E-state index in [9.17, 15) is 13.6 Å². The number of carbonyl (C=O) groups excluding carboxylic acids is 1. The second kappa shape index (κ2) is 17.6. The number of Topliss-reactive ketones (excluding diaryl/α,β-unsaturated/α-hetero) is 1. The Morgan fingerprint density at radius 3 is 2.23 bits per heavy atom. The fourth-order valence-electron chi connectivity index (χ4n) is 3.70. The molecular weight excluding hydrogens is 740 g/mol. The predicted octanol–water partition coefficient (Wildman–Crippen LogP) is 8.20. The highest BCUT2D eigenvalue weighted by Gasteiger charge is 2.14. The summed E-state index contributed by atoms with van der Waals surface area (Å²) in [6.45, 7) is 2.44. The van der Waals surface area contributed by atoms with Gasteiger partial charge in [0, 0.05) is 20.1 Å². The summed E-state index contributed by atoms with van der Waals surface area (Å²) in [6.07, 6.45) is 2.78. The zero-order valence-corrected chi connectivity index (χ0v) is 28.0. The maximum Gasteiger partial charge on any atom is 0.292 e. The predicted molar refractivity (Wildman–Crippen MR) is 182 cm³/mol. The summed E-state index contributed by atoms with van der Waals surface area (Å²) in [5.74, 6) is 0.177. The molecule has 0 amide bonds. The molecule has 240 valence electrons. The second-order valence-corrected chi connectivity index (χ2v) is 10.9. The molecule has 0 aliphatic rings. The second-order valence-electron chi connectivity index (χ2n) is 9.23. The number of nitrogens with zero attached hydrogens (tertiary/aromatic N) is 6. The van der Waals surface area contributed by atoms with Gasteiger partial charge in [0.1, 0.15) is 23.6 Å². The van der Waals surface area contributed by atoms with Gasteiger partial charge in [0.05, 0.1) is 18.7 Å². The van der Waals surface area contributed by atoms with E-state index in [1.165, 1.54) is 29.5 Å². The maximum absolute atomic E-state index is 13.9. The number of aliphatic imine (C=N–C) groups is 1. The monoisotopic (exact) mass is 765 g/mol. The van der Waals surface area contributed by atoms with E-state index in [2.05, 4.69) is 57.1 Å². The van der Waals surface area contributed by atoms with Crippen molar-refractivity contribution < 1.29 is 22.8 Å². The molecule has 10 nitrogen and oxygen atoms in total. The van der Waals surface area contributed by atoms with Gasteiger partial charge in [-0.15, -0.1) is 0 Å². The zero-order valence-electron chi connectivity index (χ0n) is 24.8. The molecule has 2 N–H and O–H groups in total. The number of rotatable bonds is 8. The number of hydrogen-bond donors (Lipinski definition) is 1. The molecule has 0 atom stereocenters. The molecule has 2 heterocycles. The van der Waals surface area contributed by atoms with Gasteiger partial charge in [-0.2, -0.15) is 15.1 Å². The Hall–Kier alpha value is -5.08. The van der Waals surface area contributed by atoms with Crippen molar-refractivity contribution in [2.75, 3.05) is 12.3 Å². The van der Waals surface area contributed by atoms with Gasteiger partial charge in [0.2, 0.25) is 0 Å². The molecule has 0 saturated heterocycles. The van der Waals surface area contributed by atoms with E-state index >= 15 is 0 Å². The van der Waals surface area contributed by atoms with Crippen LogP contribution in [0, 0.1) is 11.6 Å². The standard InChI is InChI=1S/C16H11BrFN3O.C11H11N3O2.C6H5BrFN/c17-12-7-4-8-13(18)16(12)21-10-19-15(20-21)9-14(22)11-5-2-1-3-6-11;1-2-15-8-12-11-13-10(16-14-11)9-6-4-3-5-7-9;7-4-2-1-3-5(8)6(4)9/h1-8,10H,9H2;3-8H,2H2,1H3;1-3H,9H2. The Morgan fingerprint density at radius 1 is 0.936 bits per heavy atom. The van der Waals surface area contributed by atoms with E-state index < -0.39 is 5.82 Å². The molecule has 0 aliphatic carbocycles. The number of ether oxygens (including phenoxy) is 1. The first-order chi connectivity index (χ1) is 22.8. The first kappa shape index (κ1) is 34.8. The van der Waals surface area contributed by atoms with Crippen LogP contribution in [0.2, 0.25) is 0 Å². The number of nitrogen functional groups attached to an aromatic ring is 1. The van der Waals surface area contributed by atoms with E-state index in [0.29, 0.717) is 32.8 Å². The number of hydrogen-bond acceptors (Lipinski definition) is 9. The summed E-state index contributed by atoms with van der Waals surface area (Å²) in [4.78, 5) is 24.2. The first-order valence-corrected chi connectivity index (χ1v) is 15.5.